The lowest BCUT2D eigenvalue weighted by atomic mass is 10.2. The molecule has 1 aliphatic rings. The predicted molar refractivity (Wildman–Crippen MR) is 120 cm³/mol. The Morgan fingerprint density at radius 3 is 2.61 bits per heavy atom. The molecule has 1 fully saturated rings. The molecule has 1 atom stereocenters. The van der Waals surface area contributed by atoms with Crippen LogP contribution in [0.1, 0.15) is 25.6 Å². The molecule has 0 bridgehead atoms. The lowest BCUT2D eigenvalue weighted by molar-refractivity contribution is -0.133. The molecule has 0 spiro atoms. The van der Waals surface area contributed by atoms with E-state index < -0.39 is 9.84 Å². The molecular formula is C23H27N3O4S. The van der Waals surface area contributed by atoms with Crippen molar-refractivity contribution in [3.63, 3.8) is 0 Å². The number of rotatable bonds is 8. The van der Waals surface area contributed by atoms with E-state index in [0.29, 0.717) is 18.8 Å². The predicted octanol–water partition coefficient (Wildman–Crippen LogP) is 3.04. The van der Waals surface area contributed by atoms with Crippen LogP contribution in [0.15, 0.2) is 54.6 Å². The van der Waals surface area contributed by atoms with Crippen LogP contribution in [0, 0.1) is 0 Å². The molecule has 3 aromatic rings. The quantitative estimate of drug-likeness (QED) is 0.537. The van der Waals surface area contributed by atoms with Gasteiger partial charge in [0.2, 0.25) is 5.91 Å². The highest BCUT2D eigenvalue weighted by molar-refractivity contribution is 7.91. The number of carbonyl (C=O) groups excluding carboxylic acids is 1. The number of hydrogen-bond acceptors (Lipinski definition) is 5. The Kier molecular flexibility index (Phi) is 6.27. The number of para-hydroxylation sites is 3. The molecule has 0 saturated carbocycles. The zero-order chi connectivity index (χ0) is 21.8. The molecule has 1 amide bonds. The number of ether oxygens (including phenoxy) is 1. The van der Waals surface area contributed by atoms with Crippen LogP contribution in [0.25, 0.3) is 11.0 Å². The van der Waals surface area contributed by atoms with Crippen molar-refractivity contribution in [2.45, 2.75) is 39.0 Å². The molecule has 0 aliphatic carbocycles. The highest BCUT2D eigenvalue weighted by Gasteiger charge is 2.34. The molecule has 1 aliphatic heterocycles. The van der Waals surface area contributed by atoms with Crippen LogP contribution in [-0.4, -0.2) is 52.9 Å². The molecule has 0 radical (unpaired) electrons. The SMILES string of the molecule is CCCN(C(=O)Cn1c(COc2ccccc2)nc2ccccc21)C1CCS(=O)(=O)C1. The third-order valence-electron chi connectivity index (χ3n) is 5.57. The third-order valence-corrected chi connectivity index (χ3v) is 7.32. The van der Waals surface area contributed by atoms with E-state index in [9.17, 15) is 13.2 Å². The second-order valence-electron chi connectivity index (χ2n) is 7.85. The minimum atomic E-state index is -3.07. The summed E-state index contributed by atoms with van der Waals surface area (Å²) in [6.07, 6.45) is 1.28. The van der Waals surface area contributed by atoms with Gasteiger partial charge in [0.05, 0.1) is 22.5 Å². The summed E-state index contributed by atoms with van der Waals surface area (Å²) in [4.78, 5) is 19.7. The second kappa shape index (κ2) is 9.09. The standard InChI is InChI=1S/C23H27N3O4S/c1-2-13-25(18-12-14-31(28,29)17-18)23(27)15-26-21-11-7-6-10-20(21)24-22(26)16-30-19-8-4-3-5-9-19/h3-11,18H,2,12-17H2,1H3. The first-order valence-corrected chi connectivity index (χ1v) is 12.4. The van der Waals surface area contributed by atoms with Crippen molar-refractivity contribution < 1.29 is 17.9 Å². The van der Waals surface area contributed by atoms with E-state index in [1.165, 1.54) is 0 Å². The maximum absolute atomic E-state index is 13.3. The Morgan fingerprint density at radius 1 is 1.16 bits per heavy atom. The number of carbonyl (C=O) groups is 1. The van der Waals surface area contributed by atoms with Crippen molar-refractivity contribution in [3.05, 3.63) is 60.4 Å². The van der Waals surface area contributed by atoms with E-state index in [1.54, 1.807) is 4.90 Å². The van der Waals surface area contributed by atoms with Gasteiger partial charge >= 0.3 is 0 Å². The average molecular weight is 442 g/mol. The largest absolute Gasteiger partial charge is 0.486 e. The fourth-order valence-corrected chi connectivity index (χ4v) is 5.81. The van der Waals surface area contributed by atoms with Crippen LogP contribution in [0.5, 0.6) is 5.75 Å². The Hall–Kier alpha value is -2.87. The first-order valence-electron chi connectivity index (χ1n) is 10.6. The number of imidazole rings is 1. The van der Waals surface area contributed by atoms with Gasteiger partial charge in [-0.15, -0.1) is 0 Å². The fraction of sp³-hybridized carbons (Fsp3) is 0.391. The lowest BCUT2D eigenvalue weighted by Crippen LogP contribution is -2.43. The minimum Gasteiger partial charge on any atom is -0.486 e. The summed E-state index contributed by atoms with van der Waals surface area (Å²) in [5.41, 5.74) is 1.66. The third kappa shape index (κ3) is 4.90. The Bertz CT molecular complexity index is 1160. The number of fused-ring (bicyclic) bond motifs is 1. The summed E-state index contributed by atoms with van der Waals surface area (Å²) < 4.78 is 31.7. The molecule has 164 valence electrons. The number of aromatic nitrogens is 2. The maximum atomic E-state index is 13.3. The van der Waals surface area contributed by atoms with Gasteiger partial charge in [-0.05, 0) is 37.1 Å². The molecule has 2 heterocycles. The van der Waals surface area contributed by atoms with Gasteiger partial charge in [-0.2, -0.15) is 0 Å². The summed E-state index contributed by atoms with van der Waals surface area (Å²) in [6.45, 7) is 2.87. The zero-order valence-electron chi connectivity index (χ0n) is 17.6. The Labute approximate surface area is 182 Å². The maximum Gasteiger partial charge on any atom is 0.242 e. The first kappa shape index (κ1) is 21.4. The Balaban J connectivity index is 1.59. The van der Waals surface area contributed by atoms with Gasteiger partial charge in [0.25, 0.3) is 0 Å². The summed E-state index contributed by atoms with van der Waals surface area (Å²) >= 11 is 0. The average Bonchev–Trinajstić information content (AvgIpc) is 3.30. The highest BCUT2D eigenvalue weighted by Crippen LogP contribution is 2.22. The van der Waals surface area contributed by atoms with Crippen molar-refractivity contribution >= 4 is 26.8 Å². The van der Waals surface area contributed by atoms with E-state index in [0.717, 1.165) is 23.2 Å². The smallest absolute Gasteiger partial charge is 0.242 e. The molecule has 1 unspecified atom stereocenters. The number of sulfone groups is 1. The molecular weight excluding hydrogens is 414 g/mol. The molecule has 0 N–H and O–H groups in total. The molecule has 31 heavy (non-hydrogen) atoms. The van der Waals surface area contributed by atoms with Crippen molar-refractivity contribution in [2.24, 2.45) is 0 Å². The number of nitrogens with zero attached hydrogens (tertiary/aromatic N) is 3. The Morgan fingerprint density at radius 2 is 1.90 bits per heavy atom. The normalized spacial score (nSPS) is 17.6. The van der Waals surface area contributed by atoms with E-state index in [4.69, 9.17) is 4.74 Å². The van der Waals surface area contributed by atoms with Crippen LogP contribution in [0.3, 0.4) is 0 Å². The van der Waals surface area contributed by atoms with Crippen molar-refractivity contribution in [3.8, 4) is 5.75 Å². The van der Waals surface area contributed by atoms with Crippen molar-refractivity contribution in [1.82, 2.24) is 14.5 Å². The van der Waals surface area contributed by atoms with Crippen molar-refractivity contribution in [2.75, 3.05) is 18.1 Å². The second-order valence-corrected chi connectivity index (χ2v) is 10.1. The van der Waals surface area contributed by atoms with Crippen LogP contribution < -0.4 is 4.74 Å². The fourth-order valence-electron chi connectivity index (χ4n) is 4.08. The molecule has 4 rings (SSSR count). The summed E-state index contributed by atoms with van der Waals surface area (Å²) in [7, 11) is -3.07. The van der Waals surface area contributed by atoms with E-state index >= 15 is 0 Å². The van der Waals surface area contributed by atoms with Gasteiger partial charge in [-0.3, -0.25) is 4.79 Å². The summed E-state index contributed by atoms with van der Waals surface area (Å²) in [6, 6.07) is 16.9. The van der Waals surface area contributed by atoms with Gasteiger partial charge in [0.1, 0.15) is 24.7 Å². The molecule has 1 saturated heterocycles. The van der Waals surface area contributed by atoms with Gasteiger partial charge in [-0.1, -0.05) is 37.3 Å². The molecule has 8 heteroatoms. The number of amides is 1. The van der Waals surface area contributed by atoms with Gasteiger partial charge in [0, 0.05) is 12.6 Å². The van der Waals surface area contributed by atoms with Crippen molar-refractivity contribution in [1.29, 1.82) is 0 Å². The van der Waals surface area contributed by atoms with Gasteiger partial charge in [0.15, 0.2) is 9.84 Å². The highest BCUT2D eigenvalue weighted by atomic mass is 32.2. The summed E-state index contributed by atoms with van der Waals surface area (Å²) in [5.74, 6) is 1.50. The number of hydrogen-bond donors (Lipinski definition) is 0. The minimum absolute atomic E-state index is 0.0490. The van der Waals surface area contributed by atoms with E-state index in [1.807, 2.05) is 66.1 Å². The van der Waals surface area contributed by atoms with Crippen LogP contribution in [-0.2, 0) is 27.8 Å². The van der Waals surface area contributed by atoms with Gasteiger partial charge in [-0.25, -0.2) is 13.4 Å². The first-order chi connectivity index (χ1) is 15.0. The monoisotopic (exact) mass is 441 g/mol. The van der Waals surface area contributed by atoms with Gasteiger partial charge < -0.3 is 14.2 Å². The zero-order valence-corrected chi connectivity index (χ0v) is 18.4. The molecule has 2 aromatic carbocycles. The molecule has 1 aromatic heterocycles. The summed E-state index contributed by atoms with van der Waals surface area (Å²) in [5, 5.41) is 0. The van der Waals surface area contributed by atoms with Crippen LogP contribution in [0.4, 0.5) is 0 Å². The van der Waals surface area contributed by atoms with Crippen LogP contribution in [0.2, 0.25) is 0 Å². The topological polar surface area (TPSA) is 81.5 Å². The van der Waals surface area contributed by atoms with E-state index in [-0.39, 0.29) is 36.6 Å². The number of benzene rings is 2. The molecule has 7 nitrogen and oxygen atoms in total. The van der Waals surface area contributed by atoms with Crippen LogP contribution >= 0.6 is 0 Å². The lowest BCUT2D eigenvalue weighted by Gasteiger charge is -2.28. The van der Waals surface area contributed by atoms with E-state index in [2.05, 4.69) is 4.98 Å².